The van der Waals surface area contributed by atoms with Crippen molar-refractivity contribution in [2.45, 2.75) is 39.3 Å². The molecule has 2 atom stereocenters. The average Bonchev–Trinajstić information content (AvgIpc) is 2.34. The van der Waals surface area contributed by atoms with Gasteiger partial charge in [0.1, 0.15) is 11.8 Å². The molecule has 0 spiro atoms. The highest BCUT2D eigenvalue weighted by Crippen LogP contribution is 2.36. The molecule has 5 heteroatoms. The fraction of sp³-hybridized carbons (Fsp3) is 0.429. The summed E-state index contributed by atoms with van der Waals surface area (Å²) in [5, 5.41) is 0. The summed E-state index contributed by atoms with van der Waals surface area (Å²) >= 11 is 0. The summed E-state index contributed by atoms with van der Waals surface area (Å²) in [5.74, 6) is -0.120. The predicted molar refractivity (Wildman–Crippen MR) is 72.0 cm³/mol. The normalized spacial score (nSPS) is 19.6. The summed E-state index contributed by atoms with van der Waals surface area (Å²) < 4.78 is 5.59. The summed E-state index contributed by atoms with van der Waals surface area (Å²) in [4.78, 5) is 25.3. The van der Waals surface area contributed by atoms with Crippen LogP contribution in [0, 0.1) is 6.92 Å². The SMILES string of the molecule is CCC(C(N)=O)N1C(=O)C(C)Oc2cc(C)ccc21. The minimum atomic E-state index is -0.639. The first-order chi connectivity index (χ1) is 8.95. The lowest BCUT2D eigenvalue weighted by Gasteiger charge is -2.36. The molecule has 2 amide bonds. The van der Waals surface area contributed by atoms with E-state index in [0.717, 1.165) is 5.56 Å². The third-order valence-electron chi connectivity index (χ3n) is 3.29. The Balaban J connectivity index is 2.53. The maximum Gasteiger partial charge on any atom is 0.268 e. The maximum atomic E-state index is 12.3. The van der Waals surface area contributed by atoms with E-state index in [1.807, 2.05) is 26.0 Å². The van der Waals surface area contributed by atoms with Crippen molar-refractivity contribution in [1.82, 2.24) is 0 Å². The van der Waals surface area contributed by atoms with Crippen molar-refractivity contribution >= 4 is 17.5 Å². The van der Waals surface area contributed by atoms with Gasteiger partial charge in [-0.1, -0.05) is 13.0 Å². The molecular formula is C14H18N2O3. The van der Waals surface area contributed by atoms with Crippen molar-refractivity contribution in [3.63, 3.8) is 0 Å². The summed E-state index contributed by atoms with van der Waals surface area (Å²) in [7, 11) is 0. The van der Waals surface area contributed by atoms with Gasteiger partial charge in [0.2, 0.25) is 5.91 Å². The molecule has 19 heavy (non-hydrogen) atoms. The first-order valence-corrected chi connectivity index (χ1v) is 6.35. The molecule has 0 radical (unpaired) electrons. The summed E-state index contributed by atoms with van der Waals surface area (Å²) in [5.41, 5.74) is 7.04. The van der Waals surface area contributed by atoms with E-state index in [-0.39, 0.29) is 5.91 Å². The third kappa shape index (κ3) is 2.28. The number of fused-ring (bicyclic) bond motifs is 1. The van der Waals surface area contributed by atoms with Gasteiger partial charge in [-0.15, -0.1) is 0 Å². The lowest BCUT2D eigenvalue weighted by atomic mass is 10.1. The smallest absolute Gasteiger partial charge is 0.268 e. The lowest BCUT2D eigenvalue weighted by molar-refractivity contribution is -0.129. The molecule has 1 aromatic carbocycles. The van der Waals surface area contributed by atoms with E-state index in [4.69, 9.17) is 10.5 Å². The van der Waals surface area contributed by atoms with Gasteiger partial charge < -0.3 is 10.5 Å². The Kier molecular flexibility index (Phi) is 3.46. The van der Waals surface area contributed by atoms with E-state index < -0.39 is 18.1 Å². The van der Waals surface area contributed by atoms with Crippen LogP contribution in [-0.2, 0) is 9.59 Å². The minimum absolute atomic E-state index is 0.234. The highest BCUT2D eigenvalue weighted by Gasteiger charge is 2.37. The van der Waals surface area contributed by atoms with Crippen molar-refractivity contribution in [1.29, 1.82) is 0 Å². The predicted octanol–water partition coefficient (Wildman–Crippen LogP) is 1.37. The highest BCUT2D eigenvalue weighted by atomic mass is 16.5. The average molecular weight is 262 g/mol. The number of nitrogens with zero attached hydrogens (tertiary/aromatic N) is 1. The fourth-order valence-corrected chi connectivity index (χ4v) is 2.30. The Labute approximate surface area is 112 Å². The van der Waals surface area contributed by atoms with E-state index >= 15 is 0 Å². The molecule has 5 nitrogen and oxygen atoms in total. The monoisotopic (exact) mass is 262 g/mol. The molecule has 0 fully saturated rings. The molecule has 1 aromatic rings. The van der Waals surface area contributed by atoms with Crippen LogP contribution in [0.1, 0.15) is 25.8 Å². The quantitative estimate of drug-likeness (QED) is 0.894. The van der Waals surface area contributed by atoms with Gasteiger partial charge in [-0.25, -0.2) is 0 Å². The zero-order chi connectivity index (χ0) is 14.2. The van der Waals surface area contributed by atoms with E-state index in [1.165, 1.54) is 4.90 Å². The molecule has 0 aliphatic carbocycles. The second-order valence-electron chi connectivity index (χ2n) is 4.77. The molecule has 2 rings (SSSR count). The Bertz CT molecular complexity index is 527. The van der Waals surface area contributed by atoms with E-state index in [1.54, 1.807) is 13.0 Å². The number of amides is 2. The van der Waals surface area contributed by atoms with Crippen molar-refractivity contribution in [2.75, 3.05) is 4.90 Å². The van der Waals surface area contributed by atoms with Crippen molar-refractivity contribution < 1.29 is 14.3 Å². The maximum absolute atomic E-state index is 12.3. The zero-order valence-corrected chi connectivity index (χ0v) is 11.3. The van der Waals surface area contributed by atoms with Crippen molar-refractivity contribution in [3.05, 3.63) is 23.8 Å². The van der Waals surface area contributed by atoms with E-state index in [2.05, 4.69) is 0 Å². The number of primary amides is 1. The standard InChI is InChI=1S/C14H18N2O3/c1-4-10(13(15)17)16-11-6-5-8(2)7-12(11)19-9(3)14(16)18/h5-7,9-10H,4H2,1-3H3,(H2,15,17). The van der Waals surface area contributed by atoms with Gasteiger partial charge >= 0.3 is 0 Å². The molecule has 2 unspecified atom stereocenters. The van der Waals surface area contributed by atoms with E-state index in [0.29, 0.717) is 17.9 Å². The molecule has 1 aliphatic rings. The molecule has 0 aromatic heterocycles. The third-order valence-corrected chi connectivity index (χ3v) is 3.29. The fourth-order valence-electron chi connectivity index (χ4n) is 2.30. The van der Waals surface area contributed by atoms with Gasteiger partial charge in [-0.2, -0.15) is 0 Å². The number of carbonyl (C=O) groups is 2. The molecule has 1 aliphatic heterocycles. The highest BCUT2D eigenvalue weighted by molar-refractivity contribution is 6.05. The number of hydrogen-bond donors (Lipinski definition) is 1. The Morgan fingerprint density at radius 1 is 1.53 bits per heavy atom. The number of ether oxygens (including phenoxy) is 1. The number of carbonyl (C=O) groups excluding carboxylic acids is 2. The molecule has 0 saturated carbocycles. The summed E-state index contributed by atoms with van der Waals surface area (Å²) in [6.45, 7) is 5.45. The van der Waals surface area contributed by atoms with Crippen LogP contribution in [0.5, 0.6) is 5.75 Å². The van der Waals surface area contributed by atoms with Crippen molar-refractivity contribution in [2.24, 2.45) is 5.73 Å². The Morgan fingerprint density at radius 3 is 2.79 bits per heavy atom. The van der Waals surface area contributed by atoms with Crippen LogP contribution in [0.2, 0.25) is 0 Å². The van der Waals surface area contributed by atoms with Crippen LogP contribution < -0.4 is 15.4 Å². The van der Waals surface area contributed by atoms with Crippen LogP contribution >= 0.6 is 0 Å². The number of nitrogens with two attached hydrogens (primary N) is 1. The summed E-state index contributed by atoms with van der Waals surface area (Å²) in [6, 6.07) is 4.89. The topological polar surface area (TPSA) is 72.6 Å². The molecule has 1 heterocycles. The molecule has 0 saturated heterocycles. The van der Waals surface area contributed by atoms with Crippen LogP contribution in [0.4, 0.5) is 5.69 Å². The zero-order valence-electron chi connectivity index (χ0n) is 11.3. The van der Waals surface area contributed by atoms with E-state index in [9.17, 15) is 9.59 Å². The van der Waals surface area contributed by atoms with Gasteiger partial charge in [-0.05, 0) is 38.0 Å². The summed E-state index contributed by atoms with van der Waals surface area (Å²) in [6.07, 6.45) is -0.135. The first-order valence-electron chi connectivity index (χ1n) is 6.35. The molecule has 0 bridgehead atoms. The van der Waals surface area contributed by atoms with Crippen molar-refractivity contribution in [3.8, 4) is 5.75 Å². The number of hydrogen-bond acceptors (Lipinski definition) is 3. The molecule has 102 valence electrons. The number of anilines is 1. The van der Waals surface area contributed by atoms with Crippen LogP contribution in [0.15, 0.2) is 18.2 Å². The van der Waals surface area contributed by atoms with Crippen LogP contribution in [0.3, 0.4) is 0 Å². The van der Waals surface area contributed by atoms with Crippen LogP contribution in [-0.4, -0.2) is 24.0 Å². The van der Waals surface area contributed by atoms with Gasteiger partial charge in [-0.3, -0.25) is 14.5 Å². The minimum Gasteiger partial charge on any atom is -0.479 e. The second-order valence-corrected chi connectivity index (χ2v) is 4.77. The number of aryl methyl sites for hydroxylation is 1. The van der Waals surface area contributed by atoms with Gasteiger partial charge in [0.15, 0.2) is 6.10 Å². The first kappa shape index (κ1) is 13.4. The Hall–Kier alpha value is -2.04. The van der Waals surface area contributed by atoms with Gasteiger partial charge in [0, 0.05) is 0 Å². The second kappa shape index (κ2) is 4.91. The molecular weight excluding hydrogens is 244 g/mol. The number of rotatable bonds is 3. The largest absolute Gasteiger partial charge is 0.479 e. The Morgan fingerprint density at radius 2 is 2.21 bits per heavy atom. The lowest BCUT2D eigenvalue weighted by Crippen LogP contribution is -2.54. The number of benzene rings is 1. The van der Waals surface area contributed by atoms with Gasteiger partial charge in [0.25, 0.3) is 5.91 Å². The van der Waals surface area contributed by atoms with Gasteiger partial charge in [0.05, 0.1) is 5.69 Å². The molecule has 2 N–H and O–H groups in total. The van der Waals surface area contributed by atoms with Crippen LogP contribution in [0.25, 0.3) is 0 Å².